The standard InChI is InChI=1S/C15H21BrN2O3/c1-4-21-14(19)5-6-18(10-11(2)3)15(20)12-7-13(16)9-17-8-12/h7-9,11H,4-6,10H2,1-3H3. The molecule has 0 aliphatic rings. The molecule has 0 radical (unpaired) electrons. The third-order valence-corrected chi connectivity index (χ3v) is 3.15. The summed E-state index contributed by atoms with van der Waals surface area (Å²) in [6.45, 7) is 7.12. The molecule has 21 heavy (non-hydrogen) atoms. The van der Waals surface area contributed by atoms with Gasteiger partial charge in [0.25, 0.3) is 5.91 Å². The number of aromatic nitrogens is 1. The predicted octanol–water partition coefficient (Wildman–Crippen LogP) is 2.90. The van der Waals surface area contributed by atoms with Gasteiger partial charge in [0.05, 0.1) is 18.6 Å². The second-order valence-corrected chi connectivity index (χ2v) is 6.01. The Bertz CT molecular complexity index is 492. The van der Waals surface area contributed by atoms with Crippen LogP contribution in [0.5, 0.6) is 0 Å². The highest BCUT2D eigenvalue weighted by atomic mass is 79.9. The van der Waals surface area contributed by atoms with Crippen molar-refractivity contribution in [2.24, 2.45) is 5.92 Å². The fraction of sp³-hybridized carbons (Fsp3) is 0.533. The van der Waals surface area contributed by atoms with E-state index in [-0.39, 0.29) is 18.3 Å². The first-order chi connectivity index (χ1) is 9.93. The van der Waals surface area contributed by atoms with Gasteiger partial charge in [-0.3, -0.25) is 14.6 Å². The number of hydrogen-bond acceptors (Lipinski definition) is 4. The molecule has 0 spiro atoms. The second kappa shape index (κ2) is 8.77. The van der Waals surface area contributed by atoms with Crippen molar-refractivity contribution in [3.8, 4) is 0 Å². The Labute approximate surface area is 133 Å². The van der Waals surface area contributed by atoms with Gasteiger partial charge >= 0.3 is 5.97 Å². The molecule has 0 saturated heterocycles. The maximum atomic E-state index is 12.5. The number of amides is 1. The molecule has 0 atom stereocenters. The average Bonchev–Trinajstić information content (AvgIpc) is 2.42. The van der Waals surface area contributed by atoms with E-state index in [1.807, 2.05) is 13.8 Å². The van der Waals surface area contributed by atoms with Crippen molar-refractivity contribution in [2.45, 2.75) is 27.2 Å². The summed E-state index contributed by atoms with van der Waals surface area (Å²) < 4.78 is 5.66. The van der Waals surface area contributed by atoms with E-state index in [4.69, 9.17) is 4.74 Å². The number of carbonyl (C=O) groups is 2. The van der Waals surface area contributed by atoms with Crippen molar-refractivity contribution in [1.82, 2.24) is 9.88 Å². The molecule has 0 saturated carbocycles. The fourth-order valence-corrected chi connectivity index (χ4v) is 2.25. The van der Waals surface area contributed by atoms with Crippen molar-refractivity contribution in [3.63, 3.8) is 0 Å². The molecule has 0 fully saturated rings. The minimum Gasteiger partial charge on any atom is -0.466 e. The van der Waals surface area contributed by atoms with Crippen LogP contribution in [0, 0.1) is 5.92 Å². The molecule has 0 unspecified atom stereocenters. The van der Waals surface area contributed by atoms with Crippen LogP contribution in [-0.4, -0.2) is 41.5 Å². The van der Waals surface area contributed by atoms with Gasteiger partial charge in [-0.05, 0) is 34.8 Å². The highest BCUT2D eigenvalue weighted by Gasteiger charge is 2.18. The number of esters is 1. The SMILES string of the molecule is CCOC(=O)CCN(CC(C)C)C(=O)c1cncc(Br)c1. The lowest BCUT2D eigenvalue weighted by molar-refractivity contribution is -0.143. The second-order valence-electron chi connectivity index (χ2n) is 5.09. The summed E-state index contributed by atoms with van der Waals surface area (Å²) in [6, 6.07) is 1.73. The number of rotatable bonds is 7. The van der Waals surface area contributed by atoms with Crippen molar-refractivity contribution in [2.75, 3.05) is 19.7 Å². The Hall–Kier alpha value is -1.43. The van der Waals surface area contributed by atoms with Gasteiger partial charge in [-0.15, -0.1) is 0 Å². The number of ether oxygens (including phenoxy) is 1. The molecule has 1 aromatic rings. The van der Waals surface area contributed by atoms with Gasteiger partial charge in [-0.1, -0.05) is 13.8 Å². The molecule has 1 heterocycles. The van der Waals surface area contributed by atoms with Gasteiger partial charge in [-0.25, -0.2) is 0 Å². The molecule has 1 aromatic heterocycles. The van der Waals surface area contributed by atoms with Crippen LogP contribution in [-0.2, 0) is 9.53 Å². The van der Waals surface area contributed by atoms with Crippen LogP contribution in [0.25, 0.3) is 0 Å². The van der Waals surface area contributed by atoms with E-state index in [0.717, 1.165) is 4.47 Å². The summed E-state index contributed by atoms with van der Waals surface area (Å²) >= 11 is 3.31. The Morgan fingerprint density at radius 2 is 2.10 bits per heavy atom. The number of hydrogen-bond donors (Lipinski definition) is 0. The summed E-state index contributed by atoms with van der Waals surface area (Å²) in [5.74, 6) is -0.0931. The number of halogens is 1. The molecule has 0 N–H and O–H groups in total. The van der Waals surface area contributed by atoms with E-state index < -0.39 is 0 Å². The summed E-state index contributed by atoms with van der Waals surface area (Å²) in [5.41, 5.74) is 0.508. The van der Waals surface area contributed by atoms with E-state index in [2.05, 4.69) is 20.9 Å². The Morgan fingerprint density at radius 1 is 1.38 bits per heavy atom. The zero-order valence-electron chi connectivity index (χ0n) is 12.6. The predicted molar refractivity (Wildman–Crippen MR) is 83.9 cm³/mol. The van der Waals surface area contributed by atoms with Gasteiger partial charge in [0, 0.05) is 30.0 Å². The lowest BCUT2D eigenvalue weighted by atomic mass is 10.1. The first-order valence-corrected chi connectivity index (χ1v) is 7.78. The molecule has 0 bridgehead atoms. The largest absolute Gasteiger partial charge is 0.466 e. The van der Waals surface area contributed by atoms with Gasteiger partial charge < -0.3 is 9.64 Å². The molecular formula is C15H21BrN2O3. The Morgan fingerprint density at radius 3 is 2.67 bits per heavy atom. The lowest BCUT2D eigenvalue weighted by Gasteiger charge is -2.24. The van der Waals surface area contributed by atoms with Gasteiger partial charge in [-0.2, -0.15) is 0 Å². The monoisotopic (exact) mass is 356 g/mol. The number of pyridine rings is 1. The third kappa shape index (κ3) is 6.25. The van der Waals surface area contributed by atoms with E-state index in [1.165, 1.54) is 6.20 Å². The van der Waals surface area contributed by atoms with Crippen LogP contribution < -0.4 is 0 Å². The van der Waals surface area contributed by atoms with Crippen LogP contribution in [0.3, 0.4) is 0 Å². The molecule has 0 aromatic carbocycles. The van der Waals surface area contributed by atoms with E-state index in [0.29, 0.717) is 31.2 Å². The van der Waals surface area contributed by atoms with Crippen LogP contribution in [0.4, 0.5) is 0 Å². The van der Waals surface area contributed by atoms with E-state index >= 15 is 0 Å². The van der Waals surface area contributed by atoms with Crippen LogP contribution in [0.1, 0.15) is 37.6 Å². The highest BCUT2D eigenvalue weighted by molar-refractivity contribution is 9.10. The van der Waals surface area contributed by atoms with Crippen molar-refractivity contribution >= 4 is 27.8 Å². The molecule has 0 aliphatic heterocycles. The van der Waals surface area contributed by atoms with Gasteiger partial charge in [0.15, 0.2) is 0 Å². The zero-order chi connectivity index (χ0) is 15.8. The summed E-state index contributed by atoms with van der Waals surface area (Å²) in [6.07, 6.45) is 3.36. The third-order valence-electron chi connectivity index (χ3n) is 2.72. The molecule has 5 nitrogen and oxygen atoms in total. The van der Waals surface area contributed by atoms with E-state index in [9.17, 15) is 9.59 Å². The summed E-state index contributed by atoms with van der Waals surface area (Å²) in [4.78, 5) is 29.7. The van der Waals surface area contributed by atoms with Crippen molar-refractivity contribution in [1.29, 1.82) is 0 Å². The maximum absolute atomic E-state index is 12.5. The van der Waals surface area contributed by atoms with E-state index in [1.54, 1.807) is 24.1 Å². The molecule has 6 heteroatoms. The highest BCUT2D eigenvalue weighted by Crippen LogP contribution is 2.13. The summed E-state index contributed by atoms with van der Waals surface area (Å²) in [7, 11) is 0. The average molecular weight is 357 g/mol. The number of carbonyl (C=O) groups excluding carboxylic acids is 2. The van der Waals surface area contributed by atoms with Gasteiger partial charge in [0.1, 0.15) is 0 Å². The molecule has 116 valence electrons. The first-order valence-electron chi connectivity index (χ1n) is 6.99. The molecular weight excluding hydrogens is 336 g/mol. The van der Waals surface area contributed by atoms with Gasteiger partial charge in [0.2, 0.25) is 0 Å². The minimum absolute atomic E-state index is 0.123. The zero-order valence-corrected chi connectivity index (χ0v) is 14.2. The summed E-state index contributed by atoms with van der Waals surface area (Å²) in [5, 5.41) is 0. The Balaban J connectivity index is 2.76. The topological polar surface area (TPSA) is 59.5 Å². The minimum atomic E-state index is -0.286. The smallest absolute Gasteiger partial charge is 0.307 e. The quantitative estimate of drug-likeness (QED) is 0.704. The molecule has 1 rings (SSSR count). The first kappa shape index (κ1) is 17.6. The van der Waals surface area contributed by atoms with Crippen LogP contribution in [0.2, 0.25) is 0 Å². The Kier molecular flexibility index (Phi) is 7.36. The maximum Gasteiger partial charge on any atom is 0.307 e. The normalized spacial score (nSPS) is 10.5. The fourth-order valence-electron chi connectivity index (χ4n) is 1.89. The van der Waals surface area contributed by atoms with Crippen molar-refractivity contribution < 1.29 is 14.3 Å². The molecule has 1 amide bonds. The van der Waals surface area contributed by atoms with Crippen molar-refractivity contribution in [3.05, 3.63) is 28.5 Å². The molecule has 0 aliphatic carbocycles. The van der Waals surface area contributed by atoms with Crippen LogP contribution >= 0.6 is 15.9 Å². The lowest BCUT2D eigenvalue weighted by Crippen LogP contribution is -2.36. The van der Waals surface area contributed by atoms with Crippen LogP contribution in [0.15, 0.2) is 22.9 Å². The number of nitrogens with zero attached hydrogens (tertiary/aromatic N) is 2.